The average Bonchev–Trinajstić information content (AvgIpc) is 2.46. The van der Waals surface area contributed by atoms with E-state index in [0.717, 1.165) is 16.8 Å². The number of nitriles is 1. The van der Waals surface area contributed by atoms with Crippen LogP contribution in [0.25, 0.3) is 0 Å². The maximum absolute atomic E-state index is 10.0. The molecule has 2 aromatic carbocycles. The second-order valence-electron chi connectivity index (χ2n) is 5.20. The Morgan fingerprint density at radius 2 is 2.05 bits per heavy atom. The van der Waals surface area contributed by atoms with E-state index < -0.39 is 0 Å². The van der Waals surface area contributed by atoms with Crippen molar-refractivity contribution >= 4 is 5.69 Å². The molecule has 0 aromatic heterocycles. The molecular weight excluding hydrogens is 262 g/mol. The fraction of sp³-hybridized carbons (Fsp3) is 0.235. The SMILES string of the molecule is CC(N)c1ccc(N(C)Cc2cccc(C#N)c2)cc1O. The lowest BCUT2D eigenvalue weighted by Gasteiger charge is -2.21. The zero-order valence-electron chi connectivity index (χ0n) is 12.2. The summed E-state index contributed by atoms with van der Waals surface area (Å²) in [6, 6.07) is 14.9. The number of benzene rings is 2. The van der Waals surface area contributed by atoms with Gasteiger partial charge >= 0.3 is 0 Å². The third-order valence-corrected chi connectivity index (χ3v) is 3.42. The smallest absolute Gasteiger partial charge is 0.122 e. The Balaban J connectivity index is 2.18. The van der Waals surface area contributed by atoms with Gasteiger partial charge in [-0.25, -0.2) is 0 Å². The molecule has 1 atom stereocenters. The third-order valence-electron chi connectivity index (χ3n) is 3.42. The van der Waals surface area contributed by atoms with Gasteiger partial charge in [-0.2, -0.15) is 5.26 Å². The van der Waals surface area contributed by atoms with Crippen molar-refractivity contribution in [2.45, 2.75) is 19.5 Å². The molecule has 4 nitrogen and oxygen atoms in total. The first-order valence-electron chi connectivity index (χ1n) is 6.80. The minimum atomic E-state index is -0.198. The van der Waals surface area contributed by atoms with Gasteiger partial charge in [0.25, 0.3) is 0 Å². The molecule has 0 aliphatic heterocycles. The van der Waals surface area contributed by atoms with Crippen LogP contribution in [0.2, 0.25) is 0 Å². The van der Waals surface area contributed by atoms with Crippen LogP contribution in [0.5, 0.6) is 5.75 Å². The average molecular weight is 281 g/mol. The Kier molecular flexibility index (Phi) is 4.46. The molecule has 4 heteroatoms. The summed E-state index contributed by atoms with van der Waals surface area (Å²) in [6.45, 7) is 2.50. The van der Waals surface area contributed by atoms with Gasteiger partial charge in [0.1, 0.15) is 5.75 Å². The highest BCUT2D eigenvalue weighted by Gasteiger charge is 2.09. The van der Waals surface area contributed by atoms with Crippen LogP contribution < -0.4 is 10.6 Å². The maximum Gasteiger partial charge on any atom is 0.122 e. The highest BCUT2D eigenvalue weighted by Crippen LogP contribution is 2.28. The number of phenols is 1. The topological polar surface area (TPSA) is 73.3 Å². The summed E-state index contributed by atoms with van der Waals surface area (Å²) >= 11 is 0. The molecule has 1 unspecified atom stereocenters. The monoisotopic (exact) mass is 281 g/mol. The lowest BCUT2D eigenvalue weighted by atomic mass is 10.1. The summed E-state index contributed by atoms with van der Waals surface area (Å²) in [5.74, 6) is 0.208. The normalized spacial score (nSPS) is 11.7. The van der Waals surface area contributed by atoms with Gasteiger partial charge in [0.15, 0.2) is 0 Å². The fourth-order valence-electron chi connectivity index (χ4n) is 2.26. The number of hydrogen-bond acceptors (Lipinski definition) is 4. The van der Waals surface area contributed by atoms with E-state index in [-0.39, 0.29) is 11.8 Å². The summed E-state index contributed by atoms with van der Waals surface area (Å²) in [7, 11) is 1.94. The number of phenolic OH excluding ortho intramolecular Hbond substituents is 1. The minimum absolute atomic E-state index is 0.198. The maximum atomic E-state index is 10.0. The third kappa shape index (κ3) is 3.53. The first kappa shape index (κ1) is 14.9. The molecular formula is C17H19N3O. The molecule has 108 valence electrons. The summed E-state index contributed by atoms with van der Waals surface area (Å²) in [5, 5.41) is 18.9. The number of nitrogens with zero attached hydrogens (tertiary/aromatic N) is 2. The van der Waals surface area contributed by atoms with Crippen molar-refractivity contribution < 1.29 is 5.11 Å². The van der Waals surface area contributed by atoms with Crippen LogP contribution in [-0.4, -0.2) is 12.2 Å². The Morgan fingerprint density at radius 1 is 1.29 bits per heavy atom. The Hall–Kier alpha value is -2.51. The summed E-state index contributed by atoms with van der Waals surface area (Å²) in [4.78, 5) is 2.02. The Bertz CT molecular complexity index is 674. The minimum Gasteiger partial charge on any atom is -0.508 e. The first-order chi connectivity index (χ1) is 10.0. The van der Waals surface area contributed by atoms with Crippen molar-refractivity contribution in [1.82, 2.24) is 0 Å². The zero-order chi connectivity index (χ0) is 15.4. The van der Waals surface area contributed by atoms with Crippen LogP contribution in [0.15, 0.2) is 42.5 Å². The van der Waals surface area contributed by atoms with Gasteiger partial charge in [-0.3, -0.25) is 0 Å². The summed E-state index contributed by atoms with van der Waals surface area (Å²) in [6.07, 6.45) is 0. The lowest BCUT2D eigenvalue weighted by molar-refractivity contribution is 0.464. The highest BCUT2D eigenvalue weighted by molar-refractivity contribution is 5.54. The number of nitrogens with two attached hydrogens (primary N) is 1. The molecule has 0 aliphatic rings. The van der Waals surface area contributed by atoms with Crippen LogP contribution in [0, 0.1) is 11.3 Å². The molecule has 0 bridgehead atoms. The van der Waals surface area contributed by atoms with E-state index in [1.807, 2.05) is 49.2 Å². The van der Waals surface area contributed by atoms with Gasteiger partial charge in [0, 0.05) is 37.0 Å². The molecule has 0 spiro atoms. The molecule has 0 aliphatic carbocycles. The summed E-state index contributed by atoms with van der Waals surface area (Å²) < 4.78 is 0. The Labute approximate surface area is 125 Å². The van der Waals surface area contributed by atoms with E-state index in [0.29, 0.717) is 12.1 Å². The van der Waals surface area contributed by atoms with E-state index in [9.17, 15) is 5.11 Å². The predicted molar refractivity (Wildman–Crippen MR) is 84.0 cm³/mol. The number of aromatic hydroxyl groups is 1. The molecule has 2 aromatic rings. The van der Waals surface area contributed by atoms with Gasteiger partial charge in [-0.15, -0.1) is 0 Å². The van der Waals surface area contributed by atoms with Crippen LogP contribution >= 0.6 is 0 Å². The van der Waals surface area contributed by atoms with Crippen molar-refractivity contribution in [3.63, 3.8) is 0 Å². The van der Waals surface area contributed by atoms with Gasteiger partial charge in [-0.1, -0.05) is 18.2 Å². The van der Waals surface area contributed by atoms with Crippen molar-refractivity contribution in [3.8, 4) is 11.8 Å². The molecule has 3 N–H and O–H groups in total. The second kappa shape index (κ2) is 6.29. The van der Waals surface area contributed by atoms with Gasteiger partial charge in [0.2, 0.25) is 0 Å². The molecule has 0 radical (unpaired) electrons. The van der Waals surface area contributed by atoms with Crippen molar-refractivity contribution in [2.75, 3.05) is 11.9 Å². The van der Waals surface area contributed by atoms with Crippen molar-refractivity contribution in [3.05, 3.63) is 59.2 Å². The molecule has 0 fully saturated rings. The molecule has 0 amide bonds. The Morgan fingerprint density at radius 3 is 2.67 bits per heavy atom. The van der Waals surface area contributed by atoms with Crippen LogP contribution in [0.3, 0.4) is 0 Å². The van der Waals surface area contributed by atoms with E-state index in [2.05, 4.69) is 6.07 Å². The first-order valence-corrected chi connectivity index (χ1v) is 6.80. The quantitative estimate of drug-likeness (QED) is 0.903. The molecule has 0 saturated heterocycles. The predicted octanol–water partition coefficient (Wildman–Crippen LogP) is 2.92. The number of hydrogen-bond donors (Lipinski definition) is 2. The highest BCUT2D eigenvalue weighted by atomic mass is 16.3. The van der Waals surface area contributed by atoms with E-state index in [1.165, 1.54) is 0 Å². The molecule has 2 rings (SSSR count). The van der Waals surface area contributed by atoms with E-state index in [1.54, 1.807) is 12.1 Å². The zero-order valence-corrected chi connectivity index (χ0v) is 12.2. The second-order valence-corrected chi connectivity index (χ2v) is 5.20. The molecule has 21 heavy (non-hydrogen) atoms. The molecule has 0 heterocycles. The van der Waals surface area contributed by atoms with Crippen LogP contribution in [0.1, 0.15) is 29.7 Å². The van der Waals surface area contributed by atoms with Gasteiger partial charge in [-0.05, 0) is 30.7 Å². The molecule has 0 saturated carbocycles. The van der Waals surface area contributed by atoms with E-state index in [4.69, 9.17) is 11.0 Å². The number of rotatable bonds is 4. The van der Waals surface area contributed by atoms with Crippen molar-refractivity contribution in [1.29, 1.82) is 5.26 Å². The lowest BCUT2D eigenvalue weighted by Crippen LogP contribution is -2.16. The number of anilines is 1. The standard InChI is InChI=1S/C17H19N3O/c1-12(19)16-7-6-15(9-17(16)21)20(2)11-14-5-3-4-13(8-14)10-18/h3-9,12,21H,11,19H2,1-2H3. The van der Waals surface area contributed by atoms with E-state index >= 15 is 0 Å². The van der Waals surface area contributed by atoms with Gasteiger partial charge < -0.3 is 15.7 Å². The van der Waals surface area contributed by atoms with Gasteiger partial charge in [0.05, 0.1) is 11.6 Å². The van der Waals surface area contributed by atoms with Crippen LogP contribution in [-0.2, 0) is 6.54 Å². The summed E-state index contributed by atoms with van der Waals surface area (Å²) in [5.41, 5.74) is 9.13. The largest absolute Gasteiger partial charge is 0.508 e. The van der Waals surface area contributed by atoms with Crippen molar-refractivity contribution in [2.24, 2.45) is 5.73 Å². The fourth-order valence-corrected chi connectivity index (χ4v) is 2.26. The van der Waals surface area contributed by atoms with Crippen LogP contribution in [0.4, 0.5) is 5.69 Å².